The third kappa shape index (κ3) is 2.28. The van der Waals surface area contributed by atoms with Crippen molar-refractivity contribution in [3.05, 3.63) is 17.0 Å². The molecule has 2 heterocycles. The summed E-state index contributed by atoms with van der Waals surface area (Å²) in [6, 6.07) is 2.49. The molecule has 0 bridgehead atoms. The number of hydrogen-bond acceptors (Lipinski definition) is 5. The number of carbonyl (C=O) groups excluding carboxylic acids is 1. The summed E-state index contributed by atoms with van der Waals surface area (Å²) in [4.78, 5) is 12.0. The first kappa shape index (κ1) is 13.5. The van der Waals surface area contributed by atoms with E-state index in [0.717, 1.165) is 16.2 Å². The van der Waals surface area contributed by atoms with Crippen molar-refractivity contribution in [3.8, 4) is 0 Å². The number of sulfonamides is 1. The minimum Gasteiger partial charge on any atom is -0.368 e. The van der Waals surface area contributed by atoms with E-state index in [2.05, 4.69) is 0 Å². The molecule has 8 heteroatoms. The molecule has 0 aliphatic carbocycles. The zero-order valence-electron chi connectivity index (χ0n) is 9.70. The van der Waals surface area contributed by atoms with Gasteiger partial charge >= 0.3 is 0 Å². The van der Waals surface area contributed by atoms with Crippen LogP contribution in [0.25, 0.3) is 0 Å². The Labute approximate surface area is 110 Å². The monoisotopic (exact) mass is 289 g/mol. The number of amides is 1. The topological polar surface area (TPSA) is 106 Å². The fraction of sp³-hybridized carbons (Fsp3) is 0.500. The summed E-state index contributed by atoms with van der Waals surface area (Å²) in [5, 5.41) is 0. The van der Waals surface area contributed by atoms with E-state index < -0.39 is 22.0 Å². The second-order valence-electron chi connectivity index (χ2n) is 4.10. The smallest absolute Gasteiger partial charge is 0.253 e. The Morgan fingerprint density at radius 1 is 1.50 bits per heavy atom. The highest BCUT2D eigenvalue weighted by Crippen LogP contribution is 2.30. The van der Waals surface area contributed by atoms with Crippen LogP contribution in [0.5, 0.6) is 0 Å². The van der Waals surface area contributed by atoms with Gasteiger partial charge < -0.3 is 11.5 Å². The Morgan fingerprint density at radius 3 is 2.78 bits per heavy atom. The van der Waals surface area contributed by atoms with E-state index >= 15 is 0 Å². The molecule has 1 atom stereocenters. The third-order valence-corrected chi connectivity index (χ3v) is 6.42. The first-order chi connectivity index (χ1) is 8.46. The van der Waals surface area contributed by atoms with Gasteiger partial charge in [-0.25, -0.2) is 8.42 Å². The number of thiophene rings is 1. The van der Waals surface area contributed by atoms with Crippen LogP contribution in [0.15, 0.2) is 16.3 Å². The lowest BCUT2D eigenvalue weighted by Crippen LogP contribution is -2.43. The molecule has 100 valence electrons. The Bertz CT molecular complexity index is 552. The predicted molar refractivity (Wildman–Crippen MR) is 68.3 cm³/mol. The number of primary amides is 1. The van der Waals surface area contributed by atoms with Crippen LogP contribution in [0.2, 0.25) is 0 Å². The molecule has 4 N–H and O–H groups in total. The summed E-state index contributed by atoms with van der Waals surface area (Å²) in [6.45, 7) is 0.644. The van der Waals surface area contributed by atoms with Crippen molar-refractivity contribution in [2.75, 3.05) is 6.54 Å². The predicted octanol–water partition coefficient (Wildman–Crippen LogP) is -0.155. The average molecular weight is 289 g/mol. The minimum absolute atomic E-state index is 0.219. The van der Waals surface area contributed by atoms with E-state index in [0.29, 0.717) is 25.9 Å². The Morgan fingerprint density at radius 2 is 2.22 bits per heavy atom. The van der Waals surface area contributed by atoms with E-state index in [1.807, 2.05) is 0 Å². The van der Waals surface area contributed by atoms with Crippen molar-refractivity contribution in [2.45, 2.75) is 29.6 Å². The van der Waals surface area contributed by atoms with Gasteiger partial charge in [0.1, 0.15) is 10.3 Å². The number of nitrogens with two attached hydrogens (primary N) is 2. The molecular weight excluding hydrogens is 274 g/mol. The van der Waals surface area contributed by atoms with Crippen LogP contribution >= 0.6 is 11.3 Å². The Balaban J connectivity index is 2.33. The molecule has 1 saturated heterocycles. The van der Waals surface area contributed by atoms with E-state index in [1.165, 1.54) is 10.4 Å². The van der Waals surface area contributed by atoms with Crippen molar-refractivity contribution in [3.63, 3.8) is 0 Å². The zero-order chi connectivity index (χ0) is 13.3. The quantitative estimate of drug-likeness (QED) is 0.803. The van der Waals surface area contributed by atoms with Crippen LogP contribution in [-0.2, 0) is 21.4 Å². The molecule has 1 aromatic heterocycles. The van der Waals surface area contributed by atoms with Crippen molar-refractivity contribution >= 4 is 27.3 Å². The van der Waals surface area contributed by atoms with Gasteiger partial charge in [-0.05, 0) is 25.0 Å². The van der Waals surface area contributed by atoms with Gasteiger partial charge in [0, 0.05) is 18.0 Å². The maximum Gasteiger partial charge on any atom is 0.253 e. The lowest BCUT2D eigenvalue weighted by molar-refractivity contribution is -0.121. The first-order valence-electron chi connectivity index (χ1n) is 5.56. The van der Waals surface area contributed by atoms with E-state index in [-0.39, 0.29) is 4.21 Å². The lowest BCUT2D eigenvalue weighted by atomic mass is 10.2. The second-order valence-corrected chi connectivity index (χ2v) is 7.39. The standard InChI is InChI=1S/C10H15N3O3S2/c11-6-7-3-4-9(17-7)18(15,16)13-5-1-2-8(13)10(12)14/h3-4,8H,1-2,5-6,11H2,(H2,12,14)/t8-/m0/s1. The van der Waals surface area contributed by atoms with E-state index in [9.17, 15) is 13.2 Å². The molecule has 6 nitrogen and oxygen atoms in total. The number of hydrogen-bond donors (Lipinski definition) is 2. The molecule has 1 fully saturated rings. The number of carbonyl (C=O) groups is 1. The molecule has 1 aromatic rings. The van der Waals surface area contributed by atoms with Gasteiger partial charge in [-0.15, -0.1) is 11.3 Å². The molecule has 1 aliphatic heterocycles. The van der Waals surface area contributed by atoms with E-state index in [1.54, 1.807) is 6.07 Å². The molecule has 0 unspecified atom stereocenters. The number of nitrogens with zero attached hydrogens (tertiary/aromatic N) is 1. The summed E-state index contributed by atoms with van der Waals surface area (Å²) < 4.78 is 26.1. The maximum absolute atomic E-state index is 12.4. The van der Waals surface area contributed by atoms with Gasteiger partial charge in [-0.1, -0.05) is 0 Å². The molecule has 18 heavy (non-hydrogen) atoms. The van der Waals surface area contributed by atoms with Crippen LogP contribution in [0, 0.1) is 0 Å². The molecular formula is C10H15N3O3S2. The number of rotatable bonds is 4. The normalized spacial score (nSPS) is 21.3. The van der Waals surface area contributed by atoms with Crippen molar-refractivity contribution in [1.82, 2.24) is 4.31 Å². The second kappa shape index (κ2) is 4.96. The molecule has 0 radical (unpaired) electrons. The highest BCUT2D eigenvalue weighted by molar-refractivity contribution is 7.91. The lowest BCUT2D eigenvalue weighted by Gasteiger charge is -2.20. The Kier molecular flexibility index (Phi) is 3.71. The van der Waals surface area contributed by atoms with Crippen LogP contribution < -0.4 is 11.5 Å². The van der Waals surface area contributed by atoms with Gasteiger partial charge in [-0.2, -0.15) is 4.31 Å². The highest BCUT2D eigenvalue weighted by atomic mass is 32.2. The molecule has 0 saturated carbocycles. The van der Waals surface area contributed by atoms with Crippen LogP contribution in [0.1, 0.15) is 17.7 Å². The van der Waals surface area contributed by atoms with Gasteiger partial charge in [0.15, 0.2) is 0 Å². The van der Waals surface area contributed by atoms with Gasteiger partial charge in [0.25, 0.3) is 10.0 Å². The van der Waals surface area contributed by atoms with Gasteiger partial charge in [-0.3, -0.25) is 4.79 Å². The molecule has 0 aromatic carbocycles. The average Bonchev–Trinajstić information content (AvgIpc) is 2.98. The Hall–Kier alpha value is -0.960. The SMILES string of the molecule is NCc1ccc(S(=O)(=O)N2CCC[C@H]2C(N)=O)s1. The molecule has 0 spiro atoms. The summed E-state index contributed by atoms with van der Waals surface area (Å²) in [7, 11) is -3.63. The zero-order valence-corrected chi connectivity index (χ0v) is 11.3. The summed E-state index contributed by atoms with van der Waals surface area (Å²) in [5.74, 6) is -0.591. The third-order valence-electron chi connectivity index (χ3n) is 2.93. The van der Waals surface area contributed by atoms with Crippen molar-refractivity contribution in [2.24, 2.45) is 11.5 Å². The minimum atomic E-state index is -3.63. The molecule has 1 aliphatic rings. The fourth-order valence-corrected chi connectivity index (χ4v) is 5.06. The van der Waals surface area contributed by atoms with Gasteiger partial charge in [0.2, 0.25) is 5.91 Å². The molecule has 2 rings (SSSR count). The summed E-state index contributed by atoms with van der Waals surface area (Å²) in [5.41, 5.74) is 10.7. The van der Waals surface area contributed by atoms with Crippen LogP contribution in [0.4, 0.5) is 0 Å². The van der Waals surface area contributed by atoms with E-state index in [4.69, 9.17) is 11.5 Å². The van der Waals surface area contributed by atoms with Crippen molar-refractivity contribution in [1.29, 1.82) is 0 Å². The highest BCUT2D eigenvalue weighted by Gasteiger charge is 2.38. The summed E-state index contributed by atoms with van der Waals surface area (Å²) >= 11 is 1.13. The summed E-state index contributed by atoms with van der Waals surface area (Å²) in [6.07, 6.45) is 1.14. The fourth-order valence-electron chi connectivity index (χ4n) is 2.03. The van der Waals surface area contributed by atoms with Crippen molar-refractivity contribution < 1.29 is 13.2 Å². The van der Waals surface area contributed by atoms with Gasteiger partial charge in [0.05, 0.1) is 0 Å². The maximum atomic E-state index is 12.4. The first-order valence-corrected chi connectivity index (χ1v) is 7.82. The van der Waals surface area contributed by atoms with Crippen LogP contribution in [0.3, 0.4) is 0 Å². The molecule has 1 amide bonds. The van der Waals surface area contributed by atoms with Crippen LogP contribution in [-0.4, -0.2) is 31.2 Å². The largest absolute Gasteiger partial charge is 0.368 e.